The second-order valence-electron chi connectivity index (χ2n) is 23.4. The largest absolute Gasteiger partial charge is 0.493 e. The van der Waals surface area contributed by atoms with Crippen molar-refractivity contribution in [2.75, 3.05) is 77.4 Å². The van der Waals surface area contributed by atoms with Gasteiger partial charge in [-0.25, -0.2) is 0 Å². The SMILES string of the molecule is COc1cc2c(cc1OCCCOc1cc3c(cc1OC)C(=O)C1C=C(c4ccc(NC(=O)[C@H](C)NC(=O)[C@@H](NC(=O)CCCCCN5C(=O)C=CC5=O)C(C)C)cc4)C[C@@H](/C=N\3)CC1)N=C[C@@H]1CC(c3ccc(N4CCN(C)CC4)cc3)=CN1C2=O. The highest BCUT2D eigenvalue weighted by Crippen LogP contribution is 2.43. The third-order valence-electron chi connectivity index (χ3n) is 16.9. The molecule has 10 rings (SSSR count). The molecule has 20 heteroatoms. The molecule has 6 amide bonds. The van der Waals surface area contributed by atoms with Crippen LogP contribution in [0.5, 0.6) is 23.0 Å². The zero-order valence-corrected chi connectivity index (χ0v) is 50.3. The summed E-state index contributed by atoms with van der Waals surface area (Å²) in [6.45, 7) is 10.1. The van der Waals surface area contributed by atoms with E-state index in [4.69, 9.17) is 28.9 Å². The summed E-state index contributed by atoms with van der Waals surface area (Å²) in [5.41, 5.74) is 7.65. The van der Waals surface area contributed by atoms with E-state index in [9.17, 15) is 33.6 Å². The van der Waals surface area contributed by atoms with E-state index in [2.05, 4.69) is 57.1 Å². The number of ether oxygens (including phenoxy) is 4. The average molecular weight is 1180 g/mol. The highest BCUT2D eigenvalue weighted by molar-refractivity contribution is 6.13. The number of benzene rings is 4. The number of carbonyl (C=O) groups excluding carboxylic acids is 7. The molecule has 1 fully saturated rings. The van der Waals surface area contributed by atoms with E-state index in [0.29, 0.717) is 96.1 Å². The Morgan fingerprint density at radius 1 is 0.667 bits per heavy atom. The molecule has 0 aromatic heterocycles. The number of hydrogen-bond donors (Lipinski definition) is 3. The Balaban J connectivity index is 0.702. The van der Waals surface area contributed by atoms with Crippen molar-refractivity contribution >= 4 is 87.6 Å². The predicted molar refractivity (Wildman–Crippen MR) is 334 cm³/mol. The lowest BCUT2D eigenvalue weighted by molar-refractivity contribution is -0.137. The van der Waals surface area contributed by atoms with Crippen molar-refractivity contribution in [3.63, 3.8) is 0 Å². The highest BCUT2D eigenvalue weighted by Gasteiger charge is 2.35. The van der Waals surface area contributed by atoms with Crippen LogP contribution in [0.4, 0.5) is 22.7 Å². The Morgan fingerprint density at radius 3 is 1.97 bits per heavy atom. The van der Waals surface area contributed by atoms with Gasteiger partial charge in [-0.2, -0.15) is 0 Å². The second-order valence-corrected chi connectivity index (χ2v) is 23.4. The second kappa shape index (κ2) is 27.6. The molecule has 5 heterocycles. The number of fused-ring (bicyclic) bond motifs is 6. The fourth-order valence-electron chi connectivity index (χ4n) is 11.7. The summed E-state index contributed by atoms with van der Waals surface area (Å²) >= 11 is 0. The summed E-state index contributed by atoms with van der Waals surface area (Å²) in [4.78, 5) is 109. The van der Waals surface area contributed by atoms with Crippen molar-refractivity contribution in [3.8, 4) is 23.0 Å². The van der Waals surface area contributed by atoms with Gasteiger partial charge in [0, 0.05) is 118 Å². The molecule has 1 unspecified atom stereocenters. The number of aliphatic imine (C=N–C) groups is 2. The summed E-state index contributed by atoms with van der Waals surface area (Å²) in [5.74, 6) is -1.08. The van der Waals surface area contributed by atoms with Gasteiger partial charge in [0.25, 0.3) is 17.7 Å². The number of allylic oxidation sites excluding steroid dienone is 2. The van der Waals surface area contributed by atoms with Crippen LogP contribution in [0.25, 0.3) is 11.1 Å². The minimum absolute atomic E-state index is 0.0345. The van der Waals surface area contributed by atoms with Gasteiger partial charge in [0.1, 0.15) is 12.1 Å². The Kier molecular flexibility index (Phi) is 19.4. The van der Waals surface area contributed by atoms with Crippen LogP contribution in [0.15, 0.2) is 107 Å². The van der Waals surface area contributed by atoms with Crippen LogP contribution in [0.2, 0.25) is 0 Å². The number of anilines is 2. The Bertz CT molecular complexity index is 3420. The van der Waals surface area contributed by atoms with Gasteiger partial charge in [-0.3, -0.25) is 48.4 Å². The maximum Gasteiger partial charge on any atom is 0.260 e. The van der Waals surface area contributed by atoms with Crippen molar-refractivity contribution < 1.29 is 52.5 Å². The zero-order valence-electron chi connectivity index (χ0n) is 50.3. The Hall–Kier alpha value is -8.91. The minimum atomic E-state index is -0.921. The third-order valence-corrected chi connectivity index (χ3v) is 16.9. The third kappa shape index (κ3) is 14.5. The number of piperazine rings is 1. The number of Topliss-reactive ketones (excluding diaryl/α,β-unsaturated/α-hetero) is 1. The van der Waals surface area contributed by atoms with Gasteiger partial charge in [-0.05, 0) is 117 Å². The first-order chi connectivity index (χ1) is 42.0. The molecule has 20 nitrogen and oxygen atoms in total. The first-order valence-electron chi connectivity index (χ1n) is 30.2. The number of nitrogens with zero attached hydrogens (tertiary/aromatic N) is 6. The minimum Gasteiger partial charge on any atom is -0.493 e. The van der Waals surface area contributed by atoms with Crippen LogP contribution >= 0.6 is 0 Å². The zero-order chi connectivity index (χ0) is 61.3. The van der Waals surface area contributed by atoms with E-state index in [1.165, 1.54) is 29.8 Å². The van der Waals surface area contributed by atoms with Crippen molar-refractivity contribution in [3.05, 3.63) is 119 Å². The number of methoxy groups -OCH3 is 2. The van der Waals surface area contributed by atoms with E-state index >= 15 is 0 Å². The van der Waals surface area contributed by atoms with Crippen LogP contribution in [0, 0.1) is 17.8 Å². The normalized spacial score (nSPS) is 20.0. The topological polar surface area (TPSA) is 230 Å². The smallest absolute Gasteiger partial charge is 0.260 e. The lowest BCUT2D eigenvalue weighted by Crippen LogP contribution is -2.53. The summed E-state index contributed by atoms with van der Waals surface area (Å²) in [6.07, 6.45) is 15.3. The van der Waals surface area contributed by atoms with Crippen molar-refractivity contribution in [1.29, 1.82) is 0 Å². The van der Waals surface area contributed by atoms with Gasteiger partial charge < -0.3 is 49.6 Å². The van der Waals surface area contributed by atoms with E-state index < -0.39 is 29.8 Å². The summed E-state index contributed by atoms with van der Waals surface area (Å²) in [7, 11) is 5.23. The molecule has 5 atom stereocenters. The summed E-state index contributed by atoms with van der Waals surface area (Å²) in [6, 6.07) is 20.9. The number of nitrogens with one attached hydrogen (secondary N) is 3. The molecule has 1 aliphatic carbocycles. The van der Waals surface area contributed by atoms with Crippen molar-refractivity contribution in [2.45, 2.75) is 96.7 Å². The lowest BCUT2D eigenvalue weighted by atomic mass is 9.90. The van der Waals surface area contributed by atoms with Gasteiger partial charge in [-0.15, -0.1) is 0 Å². The maximum absolute atomic E-state index is 14.5. The van der Waals surface area contributed by atoms with Crippen LogP contribution in [-0.2, 0) is 24.0 Å². The van der Waals surface area contributed by atoms with E-state index in [-0.39, 0.29) is 73.5 Å². The molecular formula is C67H77N9O11. The van der Waals surface area contributed by atoms with E-state index in [0.717, 1.165) is 54.9 Å². The molecule has 6 aliphatic rings. The lowest BCUT2D eigenvalue weighted by Gasteiger charge is -2.34. The van der Waals surface area contributed by atoms with Gasteiger partial charge >= 0.3 is 0 Å². The molecule has 1 saturated heterocycles. The fourth-order valence-corrected chi connectivity index (χ4v) is 11.7. The number of hydrogen-bond acceptors (Lipinski definition) is 15. The average Bonchev–Trinajstić information content (AvgIpc) is 2.54. The van der Waals surface area contributed by atoms with Crippen LogP contribution in [0.3, 0.4) is 0 Å². The van der Waals surface area contributed by atoms with Crippen LogP contribution < -0.4 is 39.8 Å². The first-order valence-corrected chi connectivity index (χ1v) is 30.2. The standard InChI is InChI=1S/C67H77N9O11/c1-41(2)63(72-60(77)11-8-7-9-24-75-61(78)22-23-62(75)79)66(82)70-42(3)65(81)71-49-18-14-44(15-19-49)47-31-43-12-13-46(32-47)64(80)52-34-56(84-5)58(36-54(52)68-38-43)86-29-10-30-87-59-37-55-53(35-57(59)85-6)67(83)76-40-48(33-51(76)39-69-55)45-16-20-50(21-17-45)74-27-25-73(4)26-28-74/h14-23,32,34-43,46,51,63H,7-13,24-31,33H2,1-6H3,(H,70,82)(H,71,81)(H,72,77)/b68-38-/t42-,43-,46?,51-,63-/m0/s1. The summed E-state index contributed by atoms with van der Waals surface area (Å²) < 4.78 is 24.0. The Morgan fingerprint density at radius 2 is 1.30 bits per heavy atom. The fraction of sp³-hybridized carbons (Fsp3) is 0.418. The molecule has 456 valence electrons. The van der Waals surface area contributed by atoms with Crippen LogP contribution in [0.1, 0.15) is 110 Å². The predicted octanol–water partition coefficient (Wildman–Crippen LogP) is 8.74. The molecular weight excluding hydrogens is 1110 g/mol. The molecule has 3 N–H and O–H groups in total. The molecule has 87 heavy (non-hydrogen) atoms. The molecule has 0 spiro atoms. The maximum atomic E-state index is 14.5. The molecule has 2 bridgehead atoms. The monoisotopic (exact) mass is 1180 g/mol. The van der Waals surface area contributed by atoms with Crippen LogP contribution in [-0.4, -0.2) is 154 Å². The van der Waals surface area contributed by atoms with Crippen molar-refractivity contribution in [1.82, 2.24) is 25.3 Å². The van der Waals surface area contributed by atoms with Gasteiger partial charge in [0.05, 0.1) is 50.4 Å². The highest BCUT2D eigenvalue weighted by atomic mass is 16.5. The number of likely N-dealkylation sites (N-methyl/N-ethyl adjacent to an activating group) is 1. The number of unbranched alkanes of at least 4 members (excludes halogenated alkanes) is 2. The first kappa shape index (κ1) is 61.2. The quantitative estimate of drug-likeness (QED) is 0.0467. The number of imide groups is 1. The number of ketones is 1. The van der Waals surface area contributed by atoms with Gasteiger partial charge in [0.15, 0.2) is 28.8 Å². The number of amides is 6. The molecule has 4 aromatic rings. The Labute approximate surface area is 507 Å². The molecule has 4 aromatic carbocycles. The van der Waals surface area contributed by atoms with E-state index in [1.807, 2.05) is 50.7 Å². The van der Waals surface area contributed by atoms with Gasteiger partial charge in [0.2, 0.25) is 17.7 Å². The van der Waals surface area contributed by atoms with E-state index in [1.54, 1.807) is 55.3 Å². The van der Waals surface area contributed by atoms with Gasteiger partial charge in [-0.1, -0.05) is 50.6 Å². The molecule has 0 radical (unpaired) electrons. The van der Waals surface area contributed by atoms with Crippen molar-refractivity contribution in [2.24, 2.45) is 27.7 Å². The molecule has 0 saturated carbocycles. The summed E-state index contributed by atoms with van der Waals surface area (Å²) in [5, 5.41) is 8.42. The number of rotatable bonds is 23. The number of carbonyl (C=O) groups is 7. The molecule has 5 aliphatic heterocycles.